The molecule has 1 fully saturated rings. The Bertz CT molecular complexity index is 416. The van der Waals surface area contributed by atoms with Crippen molar-refractivity contribution < 1.29 is 9.53 Å². The van der Waals surface area contributed by atoms with Crippen molar-refractivity contribution in [2.75, 3.05) is 18.5 Å². The topological polar surface area (TPSA) is 38.3 Å². The first-order valence-electron chi connectivity index (χ1n) is 5.87. The molecule has 1 amide bonds. The highest BCUT2D eigenvalue weighted by Crippen LogP contribution is 2.23. The number of halogens is 2. The second kappa shape index (κ2) is 6.04. The van der Waals surface area contributed by atoms with E-state index in [9.17, 15) is 4.79 Å². The molecule has 3 nitrogen and oxygen atoms in total. The summed E-state index contributed by atoms with van der Waals surface area (Å²) in [4.78, 5) is 12.2. The Hall–Kier alpha value is -0.580. The molecular formula is C13H15BrClNO2. The maximum Gasteiger partial charge on any atom is 0.251 e. The van der Waals surface area contributed by atoms with Gasteiger partial charge in [-0.15, -0.1) is 0 Å². The lowest BCUT2D eigenvalue weighted by Crippen LogP contribution is -2.53. The van der Waals surface area contributed by atoms with Gasteiger partial charge in [-0.3, -0.25) is 4.79 Å². The number of alkyl halides is 1. The number of carbonyl (C=O) groups excluding carboxylic acids is 1. The Morgan fingerprint density at radius 2 is 1.94 bits per heavy atom. The lowest BCUT2D eigenvalue weighted by molar-refractivity contribution is 0.0442. The molecule has 0 aliphatic carbocycles. The van der Waals surface area contributed by atoms with Crippen LogP contribution < -0.4 is 5.32 Å². The minimum absolute atomic E-state index is 0.0620. The molecule has 1 heterocycles. The van der Waals surface area contributed by atoms with Gasteiger partial charge in [0, 0.05) is 29.1 Å². The van der Waals surface area contributed by atoms with Crippen molar-refractivity contribution in [1.82, 2.24) is 5.32 Å². The molecule has 0 aromatic heterocycles. The smallest absolute Gasteiger partial charge is 0.251 e. The summed E-state index contributed by atoms with van der Waals surface area (Å²) in [6, 6.07) is 6.92. The highest BCUT2D eigenvalue weighted by molar-refractivity contribution is 9.09. The van der Waals surface area contributed by atoms with Crippen molar-refractivity contribution in [2.45, 2.75) is 18.4 Å². The fraction of sp³-hybridized carbons (Fsp3) is 0.462. The lowest BCUT2D eigenvalue weighted by Gasteiger charge is -2.36. The zero-order chi connectivity index (χ0) is 13.0. The first-order chi connectivity index (χ1) is 8.65. The quantitative estimate of drug-likeness (QED) is 0.864. The van der Waals surface area contributed by atoms with Crippen LogP contribution in [0.15, 0.2) is 24.3 Å². The fourth-order valence-electron chi connectivity index (χ4n) is 1.97. The van der Waals surface area contributed by atoms with E-state index in [0.717, 1.165) is 18.2 Å². The minimum Gasteiger partial charge on any atom is -0.381 e. The zero-order valence-electron chi connectivity index (χ0n) is 9.92. The second-order valence-corrected chi connectivity index (χ2v) is 5.48. The molecule has 98 valence electrons. The molecule has 0 spiro atoms. The Balaban J connectivity index is 2.07. The van der Waals surface area contributed by atoms with Crippen LogP contribution in [0.3, 0.4) is 0 Å². The zero-order valence-corrected chi connectivity index (χ0v) is 12.3. The van der Waals surface area contributed by atoms with Crippen molar-refractivity contribution in [3.63, 3.8) is 0 Å². The van der Waals surface area contributed by atoms with E-state index in [1.807, 2.05) is 0 Å². The molecule has 0 unspecified atom stereocenters. The monoisotopic (exact) mass is 331 g/mol. The average molecular weight is 333 g/mol. The van der Waals surface area contributed by atoms with Crippen LogP contribution in [0.5, 0.6) is 0 Å². The number of rotatable bonds is 3. The highest BCUT2D eigenvalue weighted by atomic mass is 79.9. The largest absolute Gasteiger partial charge is 0.381 e. The maximum absolute atomic E-state index is 12.2. The number of ether oxygens (including phenoxy) is 1. The van der Waals surface area contributed by atoms with Crippen molar-refractivity contribution in [3.8, 4) is 0 Å². The van der Waals surface area contributed by atoms with Gasteiger partial charge in [-0.1, -0.05) is 27.5 Å². The summed E-state index contributed by atoms with van der Waals surface area (Å²) in [7, 11) is 0. The van der Waals surface area contributed by atoms with Crippen LogP contribution in [-0.2, 0) is 4.74 Å². The van der Waals surface area contributed by atoms with E-state index in [1.165, 1.54) is 0 Å². The summed E-state index contributed by atoms with van der Waals surface area (Å²) >= 11 is 9.30. The minimum atomic E-state index is -0.199. The van der Waals surface area contributed by atoms with Gasteiger partial charge >= 0.3 is 0 Å². The molecule has 18 heavy (non-hydrogen) atoms. The van der Waals surface area contributed by atoms with E-state index in [0.29, 0.717) is 23.8 Å². The Labute approximate surface area is 120 Å². The predicted octanol–water partition coefficient (Wildman–Crippen LogP) is 3.01. The summed E-state index contributed by atoms with van der Waals surface area (Å²) in [6.07, 6.45) is 1.66. The second-order valence-electron chi connectivity index (χ2n) is 4.49. The van der Waals surface area contributed by atoms with E-state index in [2.05, 4.69) is 21.2 Å². The van der Waals surface area contributed by atoms with Gasteiger partial charge in [0.05, 0.1) is 5.54 Å². The van der Waals surface area contributed by atoms with Crippen molar-refractivity contribution in [3.05, 3.63) is 34.9 Å². The van der Waals surface area contributed by atoms with Gasteiger partial charge < -0.3 is 10.1 Å². The van der Waals surface area contributed by atoms with E-state index in [1.54, 1.807) is 24.3 Å². The van der Waals surface area contributed by atoms with Gasteiger partial charge in [0.2, 0.25) is 0 Å². The molecule has 1 saturated heterocycles. The molecule has 1 N–H and O–H groups in total. The Kier molecular flexibility index (Phi) is 4.65. The van der Waals surface area contributed by atoms with Crippen LogP contribution in [0.4, 0.5) is 0 Å². The van der Waals surface area contributed by atoms with E-state index < -0.39 is 0 Å². The van der Waals surface area contributed by atoms with Crippen LogP contribution in [0.1, 0.15) is 23.2 Å². The van der Waals surface area contributed by atoms with Crippen LogP contribution in [0.2, 0.25) is 5.02 Å². The summed E-state index contributed by atoms with van der Waals surface area (Å²) < 4.78 is 5.34. The first-order valence-corrected chi connectivity index (χ1v) is 7.37. The predicted molar refractivity (Wildman–Crippen MR) is 75.5 cm³/mol. The Morgan fingerprint density at radius 1 is 1.33 bits per heavy atom. The molecular weight excluding hydrogens is 318 g/mol. The third-order valence-electron chi connectivity index (χ3n) is 3.19. The molecule has 1 aromatic carbocycles. The van der Waals surface area contributed by atoms with Crippen LogP contribution in [0.25, 0.3) is 0 Å². The highest BCUT2D eigenvalue weighted by Gasteiger charge is 2.33. The van der Waals surface area contributed by atoms with Crippen molar-refractivity contribution >= 4 is 33.4 Å². The van der Waals surface area contributed by atoms with Gasteiger partial charge in [0.15, 0.2) is 0 Å². The molecule has 2 rings (SSSR count). The molecule has 0 saturated carbocycles. The van der Waals surface area contributed by atoms with E-state index >= 15 is 0 Å². The summed E-state index contributed by atoms with van der Waals surface area (Å²) in [5, 5.41) is 4.48. The number of nitrogens with one attached hydrogen (secondary N) is 1. The third-order valence-corrected chi connectivity index (χ3v) is 4.52. The van der Waals surface area contributed by atoms with Gasteiger partial charge in [-0.25, -0.2) is 0 Å². The van der Waals surface area contributed by atoms with Gasteiger partial charge in [0.25, 0.3) is 5.91 Å². The third kappa shape index (κ3) is 3.25. The number of benzene rings is 1. The fourth-order valence-corrected chi connectivity index (χ4v) is 2.80. The molecule has 0 atom stereocenters. The SMILES string of the molecule is O=C(NC1(CBr)CCOCC1)c1ccc(Cl)cc1. The molecule has 1 aromatic rings. The number of hydrogen-bond acceptors (Lipinski definition) is 2. The van der Waals surface area contributed by atoms with E-state index in [-0.39, 0.29) is 11.4 Å². The Morgan fingerprint density at radius 3 is 2.50 bits per heavy atom. The normalized spacial score (nSPS) is 18.3. The molecule has 1 aliphatic rings. The summed E-state index contributed by atoms with van der Waals surface area (Å²) in [5.41, 5.74) is 0.431. The number of carbonyl (C=O) groups is 1. The van der Waals surface area contributed by atoms with Gasteiger partial charge in [0.1, 0.15) is 0 Å². The maximum atomic E-state index is 12.2. The molecule has 5 heteroatoms. The van der Waals surface area contributed by atoms with Crippen LogP contribution >= 0.6 is 27.5 Å². The van der Waals surface area contributed by atoms with Crippen molar-refractivity contribution in [2.24, 2.45) is 0 Å². The molecule has 1 aliphatic heterocycles. The summed E-state index contributed by atoms with van der Waals surface area (Å²) in [5.74, 6) is -0.0620. The molecule has 0 bridgehead atoms. The first kappa shape index (κ1) is 13.8. The van der Waals surface area contributed by atoms with Gasteiger partial charge in [-0.2, -0.15) is 0 Å². The van der Waals surface area contributed by atoms with Crippen LogP contribution in [-0.4, -0.2) is 30.0 Å². The van der Waals surface area contributed by atoms with Crippen LogP contribution in [0, 0.1) is 0 Å². The summed E-state index contributed by atoms with van der Waals surface area (Å²) in [6.45, 7) is 1.37. The number of amides is 1. The van der Waals surface area contributed by atoms with Crippen molar-refractivity contribution in [1.29, 1.82) is 0 Å². The number of hydrogen-bond donors (Lipinski definition) is 1. The molecule has 0 radical (unpaired) electrons. The standard InChI is InChI=1S/C13H15BrClNO2/c14-9-13(5-7-18-8-6-13)16-12(17)10-1-3-11(15)4-2-10/h1-4H,5-9H2,(H,16,17). The van der Waals surface area contributed by atoms with E-state index in [4.69, 9.17) is 16.3 Å². The lowest BCUT2D eigenvalue weighted by atomic mass is 9.92. The van der Waals surface area contributed by atoms with Gasteiger partial charge in [-0.05, 0) is 37.1 Å². The average Bonchev–Trinajstić information content (AvgIpc) is 2.40.